The molecule has 116 valence electrons. The van der Waals surface area contributed by atoms with Gasteiger partial charge in [-0.05, 0) is 25.1 Å². The molecule has 23 heavy (non-hydrogen) atoms. The number of hydrogen-bond donors (Lipinski definition) is 1. The van der Waals surface area contributed by atoms with Crippen molar-refractivity contribution >= 4 is 16.7 Å². The predicted molar refractivity (Wildman–Crippen MR) is 87.8 cm³/mol. The molecule has 1 heterocycles. The lowest BCUT2D eigenvalue weighted by molar-refractivity contribution is 0.0697. The van der Waals surface area contributed by atoms with E-state index in [1.54, 1.807) is 49.4 Å². The summed E-state index contributed by atoms with van der Waals surface area (Å²) in [5.41, 5.74) is 0.799. The molecule has 5 nitrogen and oxygen atoms in total. The van der Waals surface area contributed by atoms with Crippen LogP contribution in [0.5, 0.6) is 5.75 Å². The molecule has 1 aromatic heterocycles. The van der Waals surface area contributed by atoms with Gasteiger partial charge in [-0.3, -0.25) is 9.36 Å². The molecule has 5 heteroatoms. The Labute approximate surface area is 132 Å². The lowest BCUT2D eigenvalue weighted by Gasteiger charge is -2.16. The van der Waals surface area contributed by atoms with Crippen LogP contribution >= 0.6 is 0 Å². The number of ether oxygens (including phenoxy) is 1. The normalized spacial score (nSPS) is 10.7. The Hall–Kier alpha value is -3.08. The van der Waals surface area contributed by atoms with Crippen LogP contribution in [0.15, 0.2) is 53.3 Å². The molecule has 0 amide bonds. The van der Waals surface area contributed by atoms with E-state index in [9.17, 15) is 14.7 Å². The average molecular weight is 309 g/mol. The number of fused-ring (bicyclic) bond motifs is 1. The van der Waals surface area contributed by atoms with E-state index in [4.69, 9.17) is 4.74 Å². The number of rotatable bonds is 3. The molecule has 0 bridgehead atoms. The summed E-state index contributed by atoms with van der Waals surface area (Å²) in [4.78, 5) is 24.8. The molecule has 0 fully saturated rings. The fraction of sp³-hybridized carbons (Fsp3) is 0.111. The van der Waals surface area contributed by atoms with E-state index in [2.05, 4.69) is 0 Å². The molecule has 3 aromatic rings. The van der Waals surface area contributed by atoms with Crippen LogP contribution in [0.25, 0.3) is 16.5 Å². The number of para-hydroxylation sites is 1. The molecule has 2 aromatic carbocycles. The Morgan fingerprint density at radius 2 is 1.78 bits per heavy atom. The van der Waals surface area contributed by atoms with Crippen LogP contribution in [0.1, 0.15) is 16.1 Å². The van der Waals surface area contributed by atoms with Crippen LogP contribution in [0.4, 0.5) is 0 Å². The van der Waals surface area contributed by atoms with Crippen molar-refractivity contribution in [1.29, 1.82) is 0 Å². The summed E-state index contributed by atoms with van der Waals surface area (Å²) >= 11 is 0. The van der Waals surface area contributed by atoms with Gasteiger partial charge in [-0.15, -0.1) is 0 Å². The van der Waals surface area contributed by atoms with Gasteiger partial charge in [0, 0.05) is 16.8 Å². The number of carbonyl (C=O) groups is 1. The summed E-state index contributed by atoms with van der Waals surface area (Å²) in [6.07, 6.45) is 0. The van der Waals surface area contributed by atoms with E-state index in [0.717, 1.165) is 0 Å². The second-order valence-electron chi connectivity index (χ2n) is 5.12. The predicted octanol–water partition coefficient (Wildman–Crippen LogP) is 3.01. The zero-order chi connectivity index (χ0) is 16.6. The first-order valence-corrected chi connectivity index (χ1v) is 7.07. The monoisotopic (exact) mass is 309 g/mol. The van der Waals surface area contributed by atoms with Crippen LogP contribution in [0, 0.1) is 6.92 Å². The van der Waals surface area contributed by atoms with Gasteiger partial charge in [-0.2, -0.15) is 0 Å². The van der Waals surface area contributed by atoms with Gasteiger partial charge in [0.25, 0.3) is 5.56 Å². The Kier molecular flexibility index (Phi) is 3.62. The van der Waals surface area contributed by atoms with Crippen LogP contribution in [0.2, 0.25) is 0 Å². The molecule has 0 aliphatic carbocycles. The van der Waals surface area contributed by atoms with Crippen molar-refractivity contribution in [2.24, 2.45) is 0 Å². The molecule has 3 rings (SSSR count). The molecule has 0 aliphatic rings. The summed E-state index contributed by atoms with van der Waals surface area (Å²) in [5, 5.41) is 10.3. The standard InChI is InChI=1S/C18H15NO4/c1-11-15(18(21)22)13-9-6-10-14(23-2)16(13)17(20)19(11)12-7-4-3-5-8-12/h3-10H,1-2H3,(H,21,22). The number of methoxy groups -OCH3 is 1. The molecule has 0 aliphatic heterocycles. The minimum atomic E-state index is -1.08. The number of pyridine rings is 1. The maximum atomic E-state index is 13.0. The summed E-state index contributed by atoms with van der Waals surface area (Å²) < 4.78 is 6.68. The number of benzene rings is 2. The third kappa shape index (κ3) is 2.26. The molecule has 0 atom stereocenters. The topological polar surface area (TPSA) is 68.5 Å². The quantitative estimate of drug-likeness (QED) is 0.807. The van der Waals surface area contributed by atoms with Gasteiger partial charge >= 0.3 is 5.97 Å². The second kappa shape index (κ2) is 5.61. The summed E-state index contributed by atoms with van der Waals surface area (Å²) in [6, 6.07) is 13.9. The van der Waals surface area contributed by atoms with E-state index < -0.39 is 5.97 Å². The highest BCUT2D eigenvalue weighted by Crippen LogP contribution is 2.28. The Balaban J connectivity index is 2.57. The maximum absolute atomic E-state index is 13.0. The third-order valence-electron chi connectivity index (χ3n) is 3.86. The number of carboxylic acids is 1. The van der Waals surface area contributed by atoms with Crippen LogP contribution in [-0.4, -0.2) is 22.8 Å². The fourth-order valence-electron chi connectivity index (χ4n) is 2.86. The average Bonchev–Trinajstić information content (AvgIpc) is 2.55. The summed E-state index contributed by atoms with van der Waals surface area (Å²) in [7, 11) is 1.46. The zero-order valence-electron chi connectivity index (χ0n) is 12.7. The lowest BCUT2D eigenvalue weighted by atomic mass is 10.0. The van der Waals surface area contributed by atoms with Gasteiger partial charge < -0.3 is 9.84 Å². The highest BCUT2D eigenvalue weighted by atomic mass is 16.5. The minimum absolute atomic E-state index is 0.0994. The van der Waals surface area contributed by atoms with E-state index in [-0.39, 0.29) is 16.5 Å². The van der Waals surface area contributed by atoms with Crippen molar-refractivity contribution in [3.8, 4) is 11.4 Å². The zero-order valence-corrected chi connectivity index (χ0v) is 12.7. The first-order chi connectivity index (χ1) is 11.1. The van der Waals surface area contributed by atoms with Crippen molar-refractivity contribution in [3.63, 3.8) is 0 Å². The highest BCUT2D eigenvalue weighted by molar-refractivity contribution is 6.06. The van der Waals surface area contributed by atoms with Crippen molar-refractivity contribution in [1.82, 2.24) is 4.57 Å². The number of nitrogens with zero attached hydrogens (tertiary/aromatic N) is 1. The van der Waals surface area contributed by atoms with Crippen LogP contribution < -0.4 is 10.3 Å². The van der Waals surface area contributed by atoms with Gasteiger partial charge in [-0.1, -0.05) is 30.3 Å². The summed E-state index contributed by atoms with van der Waals surface area (Å²) in [6.45, 7) is 1.64. The minimum Gasteiger partial charge on any atom is -0.496 e. The van der Waals surface area contributed by atoms with Crippen molar-refractivity contribution in [2.45, 2.75) is 6.92 Å². The number of hydrogen-bond acceptors (Lipinski definition) is 3. The van der Waals surface area contributed by atoms with Gasteiger partial charge in [0.2, 0.25) is 0 Å². The second-order valence-corrected chi connectivity index (χ2v) is 5.12. The summed E-state index contributed by atoms with van der Waals surface area (Å²) in [5.74, 6) is -0.717. The van der Waals surface area contributed by atoms with Gasteiger partial charge in [0.1, 0.15) is 5.75 Å². The first-order valence-electron chi connectivity index (χ1n) is 7.07. The Morgan fingerprint density at radius 3 is 2.39 bits per heavy atom. The SMILES string of the molecule is COc1cccc2c(C(=O)O)c(C)n(-c3ccccc3)c(=O)c12. The van der Waals surface area contributed by atoms with Gasteiger partial charge in [0.05, 0.1) is 18.1 Å². The van der Waals surface area contributed by atoms with Crippen molar-refractivity contribution in [2.75, 3.05) is 7.11 Å². The molecule has 0 saturated heterocycles. The molecular weight excluding hydrogens is 294 g/mol. The van der Waals surface area contributed by atoms with Crippen molar-refractivity contribution < 1.29 is 14.6 Å². The molecule has 0 saturated carbocycles. The van der Waals surface area contributed by atoms with Gasteiger partial charge in [-0.25, -0.2) is 4.79 Å². The molecule has 1 N–H and O–H groups in total. The maximum Gasteiger partial charge on any atom is 0.338 e. The third-order valence-corrected chi connectivity index (χ3v) is 3.86. The molecule has 0 unspecified atom stereocenters. The smallest absolute Gasteiger partial charge is 0.338 e. The highest BCUT2D eigenvalue weighted by Gasteiger charge is 2.21. The van der Waals surface area contributed by atoms with Crippen LogP contribution in [0.3, 0.4) is 0 Å². The molecule has 0 radical (unpaired) electrons. The van der Waals surface area contributed by atoms with E-state index >= 15 is 0 Å². The van der Waals surface area contributed by atoms with E-state index in [0.29, 0.717) is 22.5 Å². The van der Waals surface area contributed by atoms with E-state index in [1.165, 1.54) is 11.7 Å². The number of carboxylic acid groups (broad SMARTS) is 1. The van der Waals surface area contributed by atoms with Gasteiger partial charge in [0.15, 0.2) is 0 Å². The largest absolute Gasteiger partial charge is 0.496 e. The van der Waals surface area contributed by atoms with Crippen molar-refractivity contribution in [3.05, 3.63) is 70.1 Å². The number of aromatic nitrogens is 1. The lowest BCUT2D eigenvalue weighted by Crippen LogP contribution is -2.24. The van der Waals surface area contributed by atoms with E-state index in [1.807, 2.05) is 6.07 Å². The molecular formula is C18H15NO4. The van der Waals surface area contributed by atoms with Crippen LogP contribution in [-0.2, 0) is 0 Å². The first kappa shape index (κ1) is 14.8. The Morgan fingerprint density at radius 1 is 1.09 bits per heavy atom. The molecule has 0 spiro atoms. The Bertz CT molecular complexity index is 958. The fourth-order valence-corrected chi connectivity index (χ4v) is 2.86. The number of aromatic carboxylic acids is 1.